The van der Waals surface area contributed by atoms with Gasteiger partial charge in [0.15, 0.2) is 9.84 Å². The number of rotatable bonds is 3. The number of thiophene rings is 1. The van der Waals surface area contributed by atoms with Crippen molar-refractivity contribution in [2.45, 2.75) is 24.9 Å². The predicted octanol–water partition coefficient (Wildman–Crippen LogP) is 2.93. The van der Waals surface area contributed by atoms with Gasteiger partial charge in [-0.1, -0.05) is 0 Å². The number of phenols is 1. The van der Waals surface area contributed by atoms with Crippen molar-refractivity contribution in [1.29, 1.82) is 0 Å². The van der Waals surface area contributed by atoms with Crippen LogP contribution in [0.2, 0.25) is 0 Å². The van der Waals surface area contributed by atoms with Crippen LogP contribution in [0.25, 0.3) is 10.1 Å². The molecule has 0 amide bonds. The number of hydrogen-bond donors (Lipinski definition) is 1. The van der Waals surface area contributed by atoms with Crippen LogP contribution < -0.4 is 0 Å². The summed E-state index contributed by atoms with van der Waals surface area (Å²) in [5.74, 6) is 0.280. The lowest BCUT2D eigenvalue weighted by Crippen LogP contribution is -2.15. The van der Waals surface area contributed by atoms with E-state index in [-0.39, 0.29) is 16.8 Å². The van der Waals surface area contributed by atoms with Gasteiger partial charge in [0.2, 0.25) is 0 Å². The van der Waals surface area contributed by atoms with E-state index in [4.69, 9.17) is 0 Å². The Kier molecular flexibility index (Phi) is 3.14. The Morgan fingerprint density at radius 2 is 2.00 bits per heavy atom. The lowest BCUT2D eigenvalue weighted by atomic mass is 10.2. The third kappa shape index (κ3) is 2.61. The van der Waals surface area contributed by atoms with Crippen LogP contribution in [0, 0.1) is 0 Å². The average molecular weight is 270 g/mol. The van der Waals surface area contributed by atoms with Crippen molar-refractivity contribution in [3.8, 4) is 5.75 Å². The summed E-state index contributed by atoms with van der Waals surface area (Å²) >= 11 is 1.42. The molecule has 17 heavy (non-hydrogen) atoms. The molecule has 1 aromatic carbocycles. The minimum absolute atomic E-state index is 0.0742. The zero-order valence-corrected chi connectivity index (χ0v) is 11.3. The van der Waals surface area contributed by atoms with E-state index < -0.39 is 9.84 Å². The molecule has 0 bridgehead atoms. The molecule has 0 radical (unpaired) electrons. The van der Waals surface area contributed by atoms with Gasteiger partial charge in [-0.3, -0.25) is 0 Å². The highest BCUT2D eigenvalue weighted by Gasteiger charge is 2.18. The number of sulfone groups is 1. The van der Waals surface area contributed by atoms with E-state index in [1.54, 1.807) is 32.0 Å². The molecule has 5 heteroatoms. The average Bonchev–Trinajstić information content (AvgIpc) is 2.57. The zero-order chi connectivity index (χ0) is 12.6. The van der Waals surface area contributed by atoms with Crippen molar-refractivity contribution in [3.05, 3.63) is 29.1 Å². The van der Waals surface area contributed by atoms with Crippen LogP contribution in [0.5, 0.6) is 5.75 Å². The normalized spacial score (nSPS) is 12.4. The predicted molar refractivity (Wildman–Crippen MR) is 71.2 cm³/mol. The summed E-state index contributed by atoms with van der Waals surface area (Å²) < 4.78 is 24.5. The van der Waals surface area contributed by atoms with Gasteiger partial charge in [0.1, 0.15) is 5.75 Å². The quantitative estimate of drug-likeness (QED) is 0.933. The summed E-state index contributed by atoms with van der Waals surface area (Å²) in [6.45, 7) is 3.38. The Morgan fingerprint density at radius 1 is 1.29 bits per heavy atom. The minimum atomic E-state index is -3.06. The zero-order valence-electron chi connectivity index (χ0n) is 9.67. The monoisotopic (exact) mass is 270 g/mol. The molecule has 2 aromatic rings. The molecule has 92 valence electrons. The first-order valence-corrected chi connectivity index (χ1v) is 7.85. The van der Waals surface area contributed by atoms with E-state index in [2.05, 4.69) is 0 Å². The van der Waals surface area contributed by atoms with Crippen molar-refractivity contribution >= 4 is 31.3 Å². The highest BCUT2D eigenvalue weighted by atomic mass is 32.2. The molecule has 0 fully saturated rings. The van der Waals surface area contributed by atoms with E-state index >= 15 is 0 Å². The summed E-state index contributed by atoms with van der Waals surface area (Å²) in [6.07, 6.45) is 0. The molecule has 0 aliphatic rings. The summed E-state index contributed by atoms with van der Waals surface area (Å²) in [6, 6.07) is 6.94. The number of benzene rings is 1. The Morgan fingerprint density at radius 3 is 2.65 bits per heavy atom. The van der Waals surface area contributed by atoms with Crippen LogP contribution >= 0.6 is 11.3 Å². The maximum Gasteiger partial charge on any atom is 0.157 e. The van der Waals surface area contributed by atoms with Gasteiger partial charge < -0.3 is 5.11 Å². The molecule has 1 aromatic heterocycles. The highest BCUT2D eigenvalue weighted by Crippen LogP contribution is 2.30. The second-order valence-corrected chi connectivity index (χ2v) is 8.02. The standard InChI is InChI=1S/C12H14O3S2/c1-8(2)17(14,15)7-11-5-9-3-4-10(13)6-12(9)16-11/h3-6,8,13H,7H2,1-2H3. The van der Waals surface area contributed by atoms with Crippen molar-refractivity contribution in [1.82, 2.24) is 0 Å². The molecule has 0 unspecified atom stereocenters. The van der Waals surface area contributed by atoms with E-state index in [1.165, 1.54) is 11.3 Å². The van der Waals surface area contributed by atoms with Crippen LogP contribution in [0.1, 0.15) is 18.7 Å². The Bertz CT molecular complexity index is 639. The van der Waals surface area contributed by atoms with E-state index in [9.17, 15) is 13.5 Å². The molecule has 0 spiro atoms. The van der Waals surface area contributed by atoms with Gasteiger partial charge in [-0.25, -0.2) is 8.42 Å². The van der Waals surface area contributed by atoms with Crippen molar-refractivity contribution in [2.24, 2.45) is 0 Å². The van der Waals surface area contributed by atoms with Crippen molar-refractivity contribution in [2.75, 3.05) is 0 Å². The van der Waals surface area contributed by atoms with E-state index in [0.717, 1.165) is 15.0 Å². The van der Waals surface area contributed by atoms with Gasteiger partial charge in [0.25, 0.3) is 0 Å². The molecule has 0 aliphatic carbocycles. The molecule has 3 nitrogen and oxygen atoms in total. The number of hydrogen-bond acceptors (Lipinski definition) is 4. The lowest BCUT2D eigenvalue weighted by molar-refractivity contribution is 0.476. The second kappa shape index (κ2) is 4.31. The molecular weight excluding hydrogens is 256 g/mol. The fourth-order valence-electron chi connectivity index (χ4n) is 1.51. The smallest absolute Gasteiger partial charge is 0.157 e. The summed E-state index contributed by atoms with van der Waals surface area (Å²) in [4.78, 5) is 0.819. The first kappa shape index (κ1) is 12.4. The Balaban J connectivity index is 2.38. The van der Waals surface area contributed by atoms with E-state index in [0.29, 0.717) is 0 Å². The number of phenolic OH excluding ortho intramolecular Hbond substituents is 1. The lowest BCUT2D eigenvalue weighted by Gasteiger charge is -2.04. The summed E-state index contributed by atoms with van der Waals surface area (Å²) in [5.41, 5.74) is 0. The minimum Gasteiger partial charge on any atom is -0.508 e. The molecule has 1 N–H and O–H groups in total. The molecule has 0 saturated carbocycles. The maximum atomic E-state index is 11.8. The molecule has 1 heterocycles. The first-order chi connectivity index (χ1) is 7.88. The maximum absolute atomic E-state index is 11.8. The van der Waals surface area contributed by atoms with Crippen LogP contribution in [0.4, 0.5) is 0 Å². The van der Waals surface area contributed by atoms with Crippen LogP contribution in [0.3, 0.4) is 0 Å². The van der Waals surface area contributed by atoms with Crippen LogP contribution in [0.15, 0.2) is 24.3 Å². The van der Waals surface area contributed by atoms with Crippen LogP contribution in [-0.4, -0.2) is 18.8 Å². The van der Waals surface area contributed by atoms with Gasteiger partial charge in [-0.05, 0) is 43.5 Å². The largest absolute Gasteiger partial charge is 0.508 e. The van der Waals surface area contributed by atoms with Gasteiger partial charge in [-0.2, -0.15) is 0 Å². The number of fused-ring (bicyclic) bond motifs is 1. The molecule has 0 aliphatic heterocycles. The second-order valence-electron chi connectivity index (χ2n) is 4.29. The van der Waals surface area contributed by atoms with Crippen LogP contribution in [-0.2, 0) is 15.6 Å². The first-order valence-electron chi connectivity index (χ1n) is 5.31. The summed E-state index contributed by atoms with van der Waals surface area (Å²) in [5, 5.41) is 9.96. The van der Waals surface area contributed by atoms with Gasteiger partial charge in [0.05, 0.1) is 11.0 Å². The van der Waals surface area contributed by atoms with Gasteiger partial charge in [0, 0.05) is 9.58 Å². The molecule has 0 atom stereocenters. The fourth-order valence-corrected chi connectivity index (χ4v) is 3.95. The third-order valence-corrected chi connectivity index (χ3v) is 6.05. The summed E-state index contributed by atoms with van der Waals surface area (Å²) in [7, 11) is -3.06. The SMILES string of the molecule is CC(C)S(=O)(=O)Cc1cc2ccc(O)cc2s1. The molecular formula is C12H14O3S2. The Hall–Kier alpha value is -1.07. The third-order valence-electron chi connectivity index (χ3n) is 2.62. The Labute approximate surface area is 105 Å². The topological polar surface area (TPSA) is 54.4 Å². The van der Waals surface area contributed by atoms with Crippen molar-refractivity contribution in [3.63, 3.8) is 0 Å². The number of aromatic hydroxyl groups is 1. The van der Waals surface area contributed by atoms with E-state index in [1.807, 2.05) is 6.07 Å². The molecule has 0 saturated heterocycles. The van der Waals surface area contributed by atoms with Gasteiger partial charge >= 0.3 is 0 Å². The van der Waals surface area contributed by atoms with Gasteiger partial charge in [-0.15, -0.1) is 11.3 Å². The molecule has 2 rings (SSSR count). The highest BCUT2D eigenvalue weighted by molar-refractivity contribution is 7.91. The fraction of sp³-hybridized carbons (Fsp3) is 0.333. The van der Waals surface area contributed by atoms with Crippen molar-refractivity contribution < 1.29 is 13.5 Å².